The summed E-state index contributed by atoms with van der Waals surface area (Å²) in [7, 11) is 1.93. The lowest BCUT2D eigenvalue weighted by Crippen LogP contribution is -2.38. The minimum Gasteiger partial charge on any atom is -0.395 e. The van der Waals surface area contributed by atoms with Gasteiger partial charge in [-0.3, -0.25) is 5.41 Å². The van der Waals surface area contributed by atoms with Crippen LogP contribution in [0.15, 0.2) is 30.3 Å². The molecule has 4 heteroatoms. The zero-order valence-electron chi connectivity index (χ0n) is 10.4. The fourth-order valence-corrected chi connectivity index (χ4v) is 1.68. The van der Waals surface area contributed by atoms with Gasteiger partial charge in [-0.1, -0.05) is 30.3 Å². The first kappa shape index (κ1) is 13.7. The number of hydrogen-bond acceptors (Lipinski definition) is 3. The maximum atomic E-state index is 9.10. The van der Waals surface area contributed by atoms with Gasteiger partial charge >= 0.3 is 0 Å². The van der Waals surface area contributed by atoms with Crippen molar-refractivity contribution in [3.05, 3.63) is 35.9 Å². The third-order valence-electron chi connectivity index (χ3n) is 3.06. The molecule has 1 aromatic rings. The van der Waals surface area contributed by atoms with Gasteiger partial charge in [0.1, 0.15) is 0 Å². The zero-order valence-corrected chi connectivity index (χ0v) is 10.4. The monoisotopic (exact) mass is 235 g/mol. The Bertz CT molecular complexity index is 353. The number of nitrogens with zero attached hydrogens (tertiary/aromatic N) is 1. The van der Waals surface area contributed by atoms with E-state index in [1.165, 1.54) is 0 Å². The summed E-state index contributed by atoms with van der Waals surface area (Å²) in [5.74, 6) is 0.0448. The maximum Gasteiger partial charge on any atom is 0.0995 e. The molecular weight excluding hydrogens is 214 g/mol. The molecule has 4 N–H and O–H groups in total. The lowest BCUT2D eigenvalue weighted by Gasteiger charge is -2.27. The van der Waals surface area contributed by atoms with Crippen molar-refractivity contribution in [2.45, 2.75) is 18.9 Å². The van der Waals surface area contributed by atoms with Gasteiger partial charge in [0.05, 0.1) is 18.4 Å². The first-order valence-electron chi connectivity index (χ1n) is 5.76. The number of nitrogens with one attached hydrogen (secondary N) is 1. The van der Waals surface area contributed by atoms with Gasteiger partial charge in [0, 0.05) is 12.6 Å². The second-order valence-electron chi connectivity index (χ2n) is 4.39. The molecule has 0 heterocycles. The molecule has 94 valence electrons. The van der Waals surface area contributed by atoms with E-state index in [1.807, 2.05) is 49.2 Å². The highest BCUT2D eigenvalue weighted by atomic mass is 16.3. The molecule has 0 fully saturated rings. The highest BCUT2D eigenvalue weighted by Gasteiger charge is 2.19. The van der Waals surface area contributed by atoms with E-state index in [1.54, 1.807) is 0 Å². The molecule has 1 aromatic carbocycles. The summed E-state index contributed by atoms with van der Waals surface area (Å²) in [6.07, 6.45) is 0. The molecule has 17 heavy (non-hydrogen) atoms. The molecule has 0 saturated heterocycles. The van der Waals surface area contributed by atoms with E-state index in [0.29, 0.717) is 6.54 Å². The van der Waals surface area contributed by atoms with Crippen LogP contribution in [0.1, 0.15) is 18.4 Å². The molecule has 1 rings (SSSR count). The number of amidine groups is 1. The number of aliphatic hydroxyl groups excluding tert-OH is 1. The molecule has 0 spiro atoms. The Labute approximate surface area is 103 Å². The minimum atomic E-state index is -0.116. The standard InChI is InChI=1S/C13H21N3O/c1-10(9-17)16(2)8-12(13(14)15)11-6-4-3-5-7-11/h3-7,10,12,17H,8-9H2,1-2H3,(H3,14,15). The number of likely N-dealkylation sites (N-methyl/N-ethyl adjacent to an activating group) is 1. The Morgan fingerprint density at radius 1 is 1.41 bits per heavy atom. The topological polar surface area (TPSA) is 73.3 Å². The first-order chi connectivity index (χ1) is 8.06. The summed E-state index contributed by atoms with van der Waals surface area (Å²) < 4.78 is 0. The van der Waals surface area contributed by atoms with Crippen LogP contribution < -0.4 is 5.73 Å². The number of nitrogens with two attached hydrogens (primary N) is 1. The van der Waals surface area contributed by atoms with E-state index in [2.05, 4.69) is 0 Å². The van der Waals surface area contributed by atoms with Gasteiger partial charge in [-0.2, -0.15) is 0 Å². The lowest BCUT2D eigenvalue weighted by atomic mass is 9.97. The fourth-order valence-electron chi connectivity index (χ4n) is 1.68. The third kappa shape index (κ3) is 3.84. The van der Waals surface area contributed by atoms with Crippen molar-refractivity contribution in [1.29, 1.82) is 5.41 Å². The third-order valence-corrected chi connectivity index (χ3v) is 3.06. The van der Waals surface area contributed by atoms with E-state index < -0.39 is 0 Å². The van der Waals surface area contributed by atoms with E-state index >= 15 is 0 Å². The van der Waals surface area contributed by atoms with Crippen molar-refractivity contribution < 1.29 is 5.11 Å². The smallest absolute Gasteiger partial charge is 0.0995 e. The second-order valence-corrected chi connectivity index (χ2v) is 4.39. The molecule has 2 atom stereocenters. The van der Waals surface area contributed by atoms with Gasteiger partial charge in [-0.05, 0) is 19.5 Å². The van der Waals surface area contributed by atoms with E-state index in [4.69, 9.17) is 16.2 Å². The van der Waals surface area contributed by atoms with Crippen LogP contribution in [0.3, 0.4) is 0 Å². The van der Waals surface area contributed by atoms with Gasteiger partial charge in [0.15, 0.2) is 0 Å². The van der Waals surface area contributed by atoms with Crippen LogP contribution in [-0.2, 0) is 0 Å². The first-order valence-corrected chi connectivity index (χ1v) is 5.76. The quantitative estimate of drug-likeness (QED) is 0.509. The Morgan fingerprint density at radius 2 is 2.00 bits per heavy atom. The second kappa shape index (κ2) is 6.37. The highest BCUT2D eigenvalue weighted by Crippen LogP contribution is 2.17. The normalized spacial score (nSPS) is 14.6. The minimum absolute atomic E-state index is 0.0700. The summed E-state index contributed by atoms with van der Waals surface area (Å²) in [6, 6.07) is 9.86. The highest BCUT2D eigenvalue weighted by molar-refractivity contribution is 5.84. The number of hydrogen-bond donors (Lipinski definition) is 3. The van der Waals surface area contributed by atoms with Crippen LogP contribution in [0, 0.1) is 5.41 Å². The van der Waals surface area contributed by atoms with Crippen LogP contribution in [-0.4, -0.2) is 42.1 Å². The van der Waals surface area contributed by atoms with Crippen molar-refractivity contribution in [3.63, 3.8) is 0 Å². The van der Waals surface area contributed by atoms with Gasteiger partial charge in [-0.25, -0.2) is 0 Å². The van der Waals surface area contributed by atoms with E-state index in [9.17, 15) is 0 Å². The fraction of sp³-hybridized carbons (Fsp3) is 0.462. The van der Waals surface area contributed by atoms with Gasteiger partial charge < -0.3 is 15.7 Å². The van der Waals surface area contributed by atoms with Crippen molar-refractivity contribution in [1.82, 2.24) is 4.90 Å². The maximum absolute atomic E-state index is 9.10. The van der Waals surface area contributed by atoms with Crippen LogP contribution >= 0.6 is 0 Å². The van der Waals surface area contributed by atoms with Gasteiger partial charge in [-0.15, -0.1) is 0 Å². The molecule has 0 aliphatic carbocycles. The molecule has 0 aliphatic heterocycles. The molecule has 0 amide bonds. The molecule has 0 aromatic heterocycles. The van der Waals surface area contributed by atoms with E-state index in [-0.39, 0.29) is 24.4 Å². The largest absolute Gasteiger partial charge is 0.395 e. The molecule has 0 bridgehead atoms. The predicted molar refractivity (Wildman–Crippen MR) is 70.3 cm³/mol. The van der Waals surface area contributed by atoms with E-state index in [0.717, 1.165) is 5.56 Å². The van der Waals surface area contributed by atoms with Crippen LogP contribution in [0.5, 0.6) is 0 Å². The van der Waals surface area contributed by atoms with Gasteiger partial charge in [0.25, 0.3) is 0 Å². The summed E-state index contributed by atoms with van der Waals surface area (Å²) in [5.41, 5.74) is 6.69. The van der Waals surface area contributed by atoms with Crippen molar-refractivity contribution in [3.8, 4) is 0 Å². The van der Waals surface area contributed by atoms with Crippen molar-refractivity contribution >= 4 is 5.84 Å². The average molecular weight is 235 g/mol. The SMILES string of the molecule is CC(CO)N(C)CC(C(=N)N)c1ccccc1. The van der Waals surface area contributed by atoms with Crippen molar-refractivity contribution in [2.75, 3.05) is 20.2 Å². The molecular formula is C13H21N3O. The number of benzene rings is 1. The Morgan fingerprint density at radius 3 is 2.47 bits per heavy atom. The summed E-state index contributed by atoms with van der Waals surface area (Å²) in [6.45, 7) is 2.69. The Hall–Kier alpha value is -1.39. The van der Waals surface area contributed by atoms with Gasteiger partial charge in [0.2, 0.25) is 0 Å². The summed E-state index contributed by atoms with van der Waals surface area (Å²) in [5, 5.41) is 16.8. The zero-order chi connectivity index (χ0) is 12.8. The average Bonchev–Trinajstić information content (AvgIpc) is 2.35. The molecule has 4 nitrogen and oxygen atoms in total. The number of rotatable bonds is 6. The number of aliphatic hydroxyl groups is 1. The lowest BCUT2D eigenvalue weighted by molar-refractivity contribution is 0.158. The Balaban J connectivity index is 2.78. The molecule has 0 aliphatic rings. The summed E-state index contributed by atoms with van der Waals surface area (Å²) >= 11 is 0. The van der Waals surface area contributed by atoms with Crippen LogP contribution in [0.4, 0.5) is 0 Å². The molecule has 2 unspecified atom stereocenters. The Kier molecular flexibility index (Phi) is 5.12. The van der Waals surface area contributed by atoms with Crippen molar-refractivity contribution in [2.24, 2.45) is 5.73 Å². The van der Waals surface area contributed by atoms with Crippen LogP contribution in [0.25, 0.3) is 0 Å². The molecule has 0 saturated carbocycles. The summed E-state index contributed by atoms with van der Waals surface area (Å²) in [4.78, 5) is 2.01. The van der Waals surface area contributed by atoms with Crippen LogP contribution in [0.2, 0.25) is 0 Å². The molecule has 0 radical (unpaired) electrons. The predicted octanol–water partition coefficient (Wildman–Crippen LogP) is 1.02.